The van der Waals surface area contributed by atoms with Crippen LogP contribution in [0.25, 0.3) is 0 Å². The molecule has 0 N–H and O–H groups in total. The van der Waals surface area contributed by atoms with E-state index in [1.54, 1.807) is 6.92 Å². The first-order chi connectivity index (χ1) is 6.24. The lowest BCUT2D eigenvalue weighted by atomic mass is 10.2. The summed E-state index contributed by atoms with van der Waals surface area (Å²) in [4.78, 5) is 4.74. The molecule has 70 valence electrons. The Hall–Kier alpha value is -1.45. The molecule has 2 nitrogen and oxygen atoms in total. The molecule has 0 spiro atoms. The molecule has 0 heterocycles. The summed E-state index contributed by atoms with van der Waals surface area (Å²) in [6.07, 6.45) is 1.47. The van der Waals surface area contributed by atoms with E-state index in [2.05, 4.69) is 5.16 Å². The van der Waals surface area contributed by atoms with Crippen LogP contribution in [0.1, 0.15) is 12.5 Å². The molecule has 0 radical (unpaired) electrons. The molecule has 0 saturated carbocycles. The van der Waals surface area contributed by atoms with E-state index in [-0.39, 0.29) is 6.61 Å². The second kappa shape index (κ2) is 4.54. The molecular formula is C9H9F2NO. The topological polar surface area (TPSA) is 21.6 Å². The molecule has 1 aromatic carbocycles. The van der Waals surface area contributed by atoms with Gasteiger partial charge in [0.25, 0.3) is 0 Å². The van der Waals surface area contributed by atoms with Crippen molar-refractivity contribution in [1.82, 2.24) is 0 Å². The summed E-state index contributed by atoms with van der Waals surface area (Å²) in [6, 6.07) is 3.59. The molecule has 0 saturated heterocycles. The summed E-state index contributed by atoms with van der Waals surface area (Å²) in [5.74, 6) is -1.73. The van der Waals surface area contributed by atoms with E-state index in [9.17, 15) is 8.78 Å². The maximum Gasteiger partial charge on any atom is 0.159 e. The predicted molar refractivity (Wildman–Crippen MR) is 45.3 cm³/mol. The molecule has 0 fully saturated rings. The number of hydrogen-bond donors (Lipinski definition) is 0. The van der Waals surface area contributed by atoms with E-state index in [4.69, 9.17) is 4.84 Å². The van der Waals surface area contributed by atoms with Crippen LogP contribution in [0.3, 0.4) is 0 Å². The first kappa shape index (κ1) is 9.64. The van der Waals surface area contributed by atoms with Crippen molar-refractivity contribution in [1.29, 1.82) is 0 Å². The van der Waals surface area contributed by atoms with Crippen molar-refractivity contribution in [3.63, 3.8) is 0 Å². The normalized spacial score (nSPS) is 10.7. The van der Waals surface area contributed by atoms with Crippen molar-refractivity contribution < 1.29 is 13.6 Å². The highest BCUT2D eigenvalue weighted by molar-refractivity contribution is 5.52. The minimum atomic E-state index is -0.874. The molecule has 0 aliphatic rings. The second-order valence-electron chi connectivity index (χ2n) is 2.39. The smallest absolute Gasteiger partial charge is 0.159 e. The SMILES string of the molecule is CC=NOCc1ccc(F)c(F)c1. The third-order valence-corrected chi connectivity index (χ3v) is 1.40. The van der Waals surface area contributed by atoms with E-state index < -0.39 is 11.6 Å². The number of oxime groups is 1. The van der Waals surface area contributed by atoms with Crippen LogP contribution < -0.4 is 0 Å². The van der Waals surface area contributed by atoms with Gasteiger partial charge in [0.05, 0.1) is 0 Å². The fourth-order valence-corrected chi connectivity index (χ4v) is 0.816. The van der Waals surface area contributed by atoms with E-state index in [1.807, 2.05) is 0 Å². The standard InChI is InChI=1S/C9H9F2NO/c1-2-12-13-6-7-3-4-8(10)9(11)5-7/h2-5H,6H2,1H3. The average molecular weight is 185 g/mol. The fourth-order valence-electron chi connectivity index (χ4n) is 0.816. The highest BCUT2D eigenvalue weighted by Crippen LogP contribution is 2.09. The van der Waals surface area contributed by atoms with Gasteiger partial charge in [0.2, 0.25) is 0 Å². The van der Waals surface area contributed by atoms with Crippen LogP contribution in [-0.4, -0.2) is 6.21 Å². The van der Waals surface area contributed by atoms with Crippen molar-refractivity contribution in [3.8, 4) is 0 Å². The lowest BCUT2D eigenvalue weighted by Gasteiger charge is -1.99. The number of hydrogen-bond acceptors (Lipinski definition) is 2. The summed E-state index contributed by atoms with van der Waals surface area (Å²) in [7, 11) is 0. The zero-order valence-corrected chi connectivity index (χ0v) is 7.13. The largest absolute Gasteiger partial charge is 0.391 e. The van der Waals surface area contributed by atoms with Crippen LogP contribution in [0.2, 0.25) is 0 Å². The Morgan fingerprint density at radius 1 is 1.38 bits per heavy atom. The van der Waals surface area contributed by atoms with E-state index in [1.165, 1.54) is 12.3 Å². The van der Waals surface area contributed by atoms with Gasteiger partial charge < -0.3 is 4.84 Å². The Morgan fingerprint density at radius 3 is 2.77 bits per heavy atom. The molecule has 0 aliphatic heterocycles. The summed E-state index contributed by atoms with van der Waals surface area (Å²) in [6.45, 7) is 1.84. The van der Waals surface area contributed by atoms with Crippen LogP contribution in [0.4, 0.5) is 8.78 Å². The van der Waals surface area contributed by atoms with Crippen LogP contribution in [-0.2, 0) is 11.4 Å². The lowest BCUT2D eigenvalue weighted by Crippen LogP contribution is -1.90. The molecule has 0 bridgehead atoms. The van der Waals surface area contributed by atoms with Gasteiger partial charge in [-0.25, -0.2) is 8.78 Å². The third-order valence-electron chi connectivity index (χ3n) is 1.40. The van der Waals surface area contributed by atoms with Gasteiger partial charge in [-0.15, -0.1) is 0 Å². The Kier molecular flexibility index (Phi) is 3.37. The van der Waals surface area contributed by atoms with Gasteiger partial charge in [-0.05, 0) is 24.6 Å². The zero-order valence-electron chi connectivity index (χ0n) is 7.13. The summed E-state index contributed by atoms with van der Waals surface area (Å²) < 4.78 is 25.1. The van der Waals surface area contributed by atoms with Gasteiger partial charge >= 0.3 is 0 Å². The zero-order chi connectivity index (χ0) is 9.68. The molecule has 4 heteroatoms. The quantitative estimate of drug-likeness (QED) is 0.523. The Morgan fingerprint density at radius 2 is 2.15 bits per heavy atom. The van der Waals surface area contributed by atoms with Gasteiger partial charge in [-0.1, -0.05) is 11.2 Å². The maximum atomic E-state index is 12.6. The molecule has 1 rings (SSSR count). The minimum absolute atomic E-state index is 0.140. The number of benzene rings is 1. The van der Waals surface area contributed by atoms with Gasteiger partial charge in [0, 0.05) is 6.21 Å². The molecule has 1 aromatic rings. The Labute approximate surface area is 74.8 Å². The van der Waals surface area contributed by atoms with E-state index >= 15 is 0 Å². The Bertz CT molecular complexity index is 312. The first-order valence-corrected chi connectivity index (χ1v) is 3.78. The minimum Gasteiger partial charge on any atom is -0.391 e. The van der Waals surface area contributed by atoms with Crippen molar-refractivity contribution in [3.05, 3.63) is 35.4 Å². The third kappa shape index (κ3) is 2.82. The summed E-state index contributed by atoms with van der Waals surface area (Å²) >= 11 is 0. The lowest BCUT2D eigenvalue weighted by molar-refractivity contribution is 0.131. The number of rotatable bonds is 3. The van der Waals surface area contributed by atoms with Crippen molar-refractivity contribution in [2.24, 2.45) is 5.16 Å². The number of halogens is 2. The molecule has 0 aliphatic carbocycles. The van der Waals surface area contributed by atoms with Crippen molar-refractivity contribution in [2.45, 2.75) is 13.5 Å². The van der Waals surface area contributed by atoms with E-state index in [0.717, 1.165) is 12.1 Å². The van der Waals surface area contributed by atoms with Crippen molar-refractivity contribution >= 4 is 6.21 Å². The summed E-state index contributed by atoms with van der Waals surface area (Å²) in [5, 5.41) is 3.48. The van der Waals surface area contributed by atoms with Crippen LogP contribution >= 0.6 is 0 Å². The molecule has 0 atom stereocenters. The second-order valence-corrected chi connectivity index (χ2v) is 2.39. The van der Waals surface area contributed by atoms with Crippen molar-refractivity contribution in [2.75, 3.05) is 0 Å². The highest BCUT2D eigenvalue weighted by atomic mass is 19.2. The first-order valence-electron chi connectivity index (χ1n) is 3.78. The van der Waals surface area contributed by atoms with Gasteiger partial charge in [-0.2, -0.15) is 0 Å². The monoisotopic (exact) mass is 185 g/mol. The molecular weight excluding hydrogens is 176 g/mol. The average Bonchev–Trinajstić information content (AvgIpc) is 2.12. The Balaban J connectivity index is 2.63. The molecule has 0 aromatic heterocycles. The predicted octanol–water partition coefficient (Wildman–Crippen LogP) is 2.49. The maximum absolute atomic E-state index is 12.6. The fraction of sp³-hybridized carbons (Fsp3) is 0.222. The number of nitrogens with zero attached hydrogens (tertiary/aromatic N) is 1. The molecule has 0 unspecified atom stereocenters. The molecule has 13 heavy (non-hydrogen) atoms. The highest BCUT2D eigenvalue weighted by Gasteiger charge is 2.01. The van der Waals surface area contributed by atoms with Gasteiger partial charge in [0.15, 0.2) is 11.6 Å². The van der Waals surface area contributed by atoms with Crippen LogP contribution in [0.15, 0.2) is 23.4 Å². The van der Waals surface area contributed by atoms with Crippen LogP contribution in [0, 0.1) is 11.6 Å². The summed E-state index contributed by atoms with van der Waals surface area (Å²) in [5.41, 5.74) is 0.546. The van der Waals surface area contributed by atoms with Gasteiger partial charge in [-0.3, -0.25) is 0 Å². The van der Waals surface area contributed by atoms with E-state index in [0.29, 0.717) is 5.56 Å². The molecule has 0 amide bonds. The van der Waals surface area contributed by atoms with Crippen LogP contribution in [0.5, 0.6) is 0 Å². The van der Waals surface area contributed by atoms with Gasteiger partial charge in [0.1, 0.15) is 6.61 Å².